The molecule has 0 radical (unpaired) electrons. The summed E-state index contributed by atoms with van der Waals surface area (Å²) in [6.07, 6.45) is 11.6. The number of fused-ring (bicyclic) bond motifs is 1. The number of alkyl halides is 1. The molecule has 3 aliphatic heterocycles. The van der Waals surface area contributed by atoms with E-state index in [0.717, 1.165) is 55.4 Å². The van der Waals surface area contributed by atoms with Crippen molar-refractivity contribution in [2.45, 2.75) is 81.0 Å². The van der Waals surface area contributed by atoms with Gasteiger partial charge in [-0.25, -0.2) is 9.37 Å². The normalized spacial score (nSPS) is 20.8. The third kappa shape index (κ3) is 9.97. The molecule has 2 unspecified atom stereocenters. The Bertz CT molecular complexity index is 2380. The maximum atomic E-state index is 16.5. The van der Waals surface area contributed by atoms with E-state index in [1.54, 1.807) is 48.5 Å². The molecule has 0 spiro atoms. The van der Waals surface area contributed by atoms with Crippen LogP contribution in [0.2, 0.25) is 0 Å². The molecule has 0 bridgehead atoms. The number of benzene rings is 2. The predicted octanol–water partition coefficient (Wildman–Crippen LogP) is 4.87. The third-order valence-electron chi connectivity index (χ3n) is 13.6. The maximum absolute atomic E-state index is 16.5. The fraction of sp³-hybridized carbons (Fsp3) is 0.458. The molecule has 4 aromatic rings. The number of nitrogens with one attached hydrogen (secondary N) is 2. The number of allylic oxidation sites excluding steroid dienone is 1. The van der Waals surface area contributed by atoms with Crippen LogP contribution in [0.15, 0.2) is 84.6 Å². The summed E-state index contributed by atoms with van der Waals surface area (Å²) in [5.74, 6) is 0.335. The van der Waals surface area contributed by atoms with E-state index in [4.69, 9.17) is 26.9 Å². The predicted molar refractivity (Wildman–Crippen MR) is 245 cm³/mol. The van der Waals surface area contributed by atoms with Crippen molar-refractivity contribution in [2.75, 3.05) is 64.8 Å². The second-order valence-corrected chi connectivity index (χ2v) is 17.9. The highest BCUT2D eigenvalue weighted by Crippen LogP contribution is 2.45. The molecule has 2 atom stereocenters. The number of amides is 3. The Labute approximate surface area is 373 Å². The Balaban J connectivity index is 0.843. The van der Waals surface area contributed by atoms with Gasteiger partial charge in [0.2, 0.25) is 12.3 Å². The lowest BCUT2D eigenvalue weighted by Gasteiger charge is -2.41. The van der Waals surface area contributed by atoms with Crippen LogP contribution in [-0.2, 0) is 14.3 Å². The highest BCUT2D eigenvalue weighted by molar-refractivity contribution is 5.95. The van der Waals surface area contributed by atoms with Crippen molar-refractivity contribution in [3.8, 4) is 5.75 Å². The minimum Gasteiger partial charge on any atom is -0.507 e. The van der Waals surface area contributed by atoms with Crippen LogP contribution >= 0.6 is 0 Å². The van der Waals surface area contributed by atoms with E-state index < -0.39 is 5.67 Å². The standard InChI is InChI=1S/C48H61FN10O5/c1-64-43-15-21-58(41(45(51)52)25-40(50)36-4-2-3-5-42(36)61)27-39(43)32-8-10-33(11-9-32)47(63)57-22-16-48(49,17-23-57)29-56-19-13-35(14-20-56)59-28-38(31-6-7-31)37-24-34(26-54-46(37)59)55-44(62)12-18-53-30-60/h2-5,8-11,24-26,28,30-31,35,39,43,61H,6-7,12-23,27,29,50-52H2,1H3,(H,53,60)(H,55,62)/b40-25-. The van der Waals surface area contributed by atoms with Crippen molar-refractivity contribution >= 4 is 40.6 Å². The van der Waals surface area contributed by atoms with Gasteiger partial charge in [0.1, 0.15) is 22.9 Å². The van der Waals surface area contributed by atoms with Gasteiger partial charge in [-0.1, -0.05) is 24.3 Å². The summed E-state index contributed by atoms with van der Waals surface area (Å²) in [4.78, 5) is 47.6. The van der Waals surface area contributed by atoms with E-state index in [-0.39, 0.29) is 67.3 Å². The van der Waals surface area contributed by atoms with Gasteiger partial charge in [0.15, 0.2) is 0 Å². The zero-order chi connectivity index (χ0) is 45.0. The maximum Gasteiger partial charge on any atom is 0.253 e. The average molecular weight is 877 g/mol. The number of nitrogens with two attached hydrogens (primary N) is 3. The quantitative estimate of drug-likeness (QED) is 0.0540. The monoisotopic (exact) mass is 876 g/mol. The Hall–Kier alpha value is -6.13. The van der Waals surface area contributed by atoms with Gasteiger partial charge in [-0.15, -0.1) is 0 Å². The molecule has 64 heavy (non-hydrogen) atoms. The molecule has 3 amide bonds. The first-order valence-corrected chi connectivity index (χ1v) is 22.5. The van der Waals surface area contributed by atoms with Crippen molar-refractivity contribution in [1.82, 2.24) is 29.6 Å². The highest BCUT2D eigenvalue weighted by Gasteiger charge is 2.39. The van der Waals surface area contributed by atoms with Crippen molar-refractivity contribution in [1.29, 1.82) is 0 Å². The molecule has 4 fully saturated rings. The number of ether oxygens (including phenoxy) is 1. The lowest BCUT2D eigenvalue weighted by molar-refractivity contribution is -0.116. The molecular weight excluding hydrogens is 816 g/mol. The number of phenols is 1. The van der Waals surface area contributed by atoms with Gasteiger partial charge in [-0.2, -0.15) is 0 Å². The van der Waals surface area contributed by atoms with Crippen LogP contribution in [0, 0.1) is 0 Å². The number of anilines is 1. The molecule has 9 N–H and O–H groups in total. The summed E-state index contributed by atoms with van der Waals surface area (Å²) >= 11 is 0. The number of carbonyl (C=O) groups excluding carboxylic acids is 3. The number of nitrogens with zero attached hydrogens (tertiary/aromatic N) is 5. The van der Waals surface area contributed by atoms with E-state index >= 15 is 4.39 Å². The van der Waals surface area contributed by atoms with E-state index in [1.807, 2.05) is 30.3 Å². The number of methoxy groups -OCH3 is 1. The van der Waals surface area contributed by atoms with Crippen molar-refractivity contribution in [3.63, 3.8) is 0 Å². The highest BCUT2D eigenvalue weighted by atomic mass is 19.1. The molecule has 15 nitrogen and oxygen atoms in total. The number of hydrogen-bond donors (Lipinski definition) is 6. The summed E-state index contributed by atoms with van der Waals surface area (Å²) in [5.41, 5.74) is 23.2. The Morgan fingerprint density at radius 1 is 0.969 bits per heavy atom. The molecule has 340 valence electrons. The Kier molecular flexibility index (Phi) is 13.4. The first-order chi connectivity index (χ1) is 30.9. The lowest BCUT2D eigenvalue weighted by Crippen LogP contribution is -2.51. The van der Waals surface area contributed by atoms with E-state index in [9.17, 15) is 19.5 Å². The number of hydrogen-bond acceptors (Lipinski definition) is 11. The molecule has 8 rings (SSSR count). The van der Waals surface area contributed by atoms with Crippen LogP contribution in [0.5, 0.6) is 5.75 Å². The van der Waals surface area contributed by atoms with Gasteiger partial charge < -0.3 is 56.9 Å². The number of phenolic OH excluding ortho intramolecular Hbond substituents is 1. The second kappa shape index (κ2) is 19.3. The minimum absolute atomic E-state index is 0.0534. The van der Waals surface area contributed by atoms with Crippen molar-refractivity contribution < 1.29 is 28.6 Å². The number of piperidine rings is 3. The summed E-state index contributed by atoms with van der Waals surface area (Å²) in [6.45, 7) is 4.06. The van der Waals surface area contributed by atoms with Crippen LogP contribution in [0.4, 0.5) is 10.1 Å². The molecule has 2 aromatic carbocycles. The minimum atomic E-state index is -1.37. The number of aromatic nitrogens is 2. The fourth-order valence-electron chi connectivity index (χ4n) is 9.82. The van der Waals surface area contributed by atoms with Crippen LogP contribution in [0.1, 0.15) is 96.3 Å². The third-order valence-corrected chi connectivity index (χ3v) is 13.6. The summed E-state index contributed by atoms with van der Waals surface area (Å²) < 4.78 is 24.7. The number of pyridine rings is 1. The SMILES string of the molecule is COC1CCN(C(/C=C(\N)c2ccccc2O)=C(N)N)CC1c1ccc(C(=O)N2CCC(F)(CN3CCC(n4cc(C5CC5)c5cc(NC(=O)CCNC=O)cnc54)CC3)CC2)cc1. The summed E-state index contributed by atoms with van der Waals surface area (Å²) in [6, 6.07) is 16.7. The first kappa shape index (κ1) is 44.5. The van der Waals surface area contributed by atoms with Gasteiger partial charge in [0.25, 0.3) is 5.91 Å². The average Bonchev–Trinajstić information content (AvgIpc) is 4.08. The first-order valence-electron chi connectivity index (χ1n) is 22.5. The topological polar surface area (TPSA) is 210 Å². The molecule has 5 heterocycles. The van der Waals surface area contributed by atoms with Crippen molar-refractivity contribution in [2.24, 2.45) is 17.2 Å². The Morgan fingerprint density at radius 2 is 1.70 bits per heavy atom. The number of rotatable bonds is 15. The number of para-hydroxylation sites is 1. The van der Waals surface area contributed by atoms with Gasteiger partial charge in [-0.3, -0.25) is 14.4 Å². The number of aromatic hydroxyl groups is 1. The number of carbonyl (C=O) groups is 3. The van der Waals surface area contributed by atoms with E-state index in [2.05, 4.69) is 31.2 Å². The fourth-order valence-corrected chi connectivity index (χ4v) is 9.82. The van der Waals surface area contributed by atoms with Crippen LogP contribution in [-0.4, -0.2) is 119 Å². The second-order valence-electron chi connectivity index (χ2n) is 17.9. The summed E-state index contributed by atoms with van der Waals surface area (Å²) in [5, 5.41) is 16.8. The molecule has 4 aliphatic rings. The number of halogens is 1. The Morgan fingerprint density at radius 3 is 2.38 bits per heavy atom. The lowest BCUT2D eigenvalue weighted by atomic mass is 9.86. The van der Waals surface area contributed by atoms with Gasteiger partial charge in [0.05, 0.1) is 23.7 Å². The zero-order valence-electron chi connectivity index (χ0n) is 36.6. The van der Waals surface area contributed by atoms with Crippen LogP contribution in [0.25, 0.3) is 16.7 Å². The number of likely N-dealkylation sites (tertiary alicyclic amines) is 3. The van der Waals surface area contributed by atoms with Crippen LogP contribution < -0.4 is 27.8 Å². The van der Waals surface area contributed by atoms with Gasteiger partial charge >= 0.3 is 0 Å². The smallest absolute Gasteiger partial charge is 0.253 e. The van der Waals surface area contributed by atoms with Gasteiger partial charge in [0, 0.05) is 119 Å². The van der Waals surface area contributed by atoms with Gasteiger partial charge in [-0.05, 0) is 85.6 Å². The zero-order valence-corrected chi connectivity index (χ0v) is 36.6. The molecule has 3 saturated heterocycles. The van der Waals surface area contributed by atoms with Crippen molar-refractivity contribution in [3.05, 3.63) is 107 Å². The molecule has 16 heteroatoms. The van der Waals surface area contributed by atoms with E-state index in [0.29, 0.717) is 79.7 Å². The van der Waals surface area contributed by atoms with E-state index in [1.165, 1.54) is 5.56 Å². The molecule has 1 aliphatic carbocycles. The molecular formula is C48H61FN10O5. The summed E-state index contributed by atoms with van der Waals surface area (Å²) in [7, 11) is 1.70. The molecule has 1 saturated carbocycles. The largest absolute Gasteiger partial charge is 0.507 e. The molecule has 2 aromatic heterocycles. The van der Waals surface area contributed by atoms with Crippen LogP contribution in [0.3, 0.4) is 0 Å².